The van der Waals surface area contributed by atoms with Gasteiger partial charge in [-0.1, -0.05) is 38.2 Å². The Kier molecular flexibility index (Phi) is 6.60. The van der Waals surface area contributed by atoms with Crippen molar-refractivity contribution in [2.75, 3.05) is 5.32 Å². The molecule has 2 heterocycles. The Hall–Kier alpha value is -2.89. The summed E-state index contributed by atoms with van der Waals surface area (Å²) in [5.41, 5.74) is 3.53. The Balaban J connectivity index is 1.25. The average molecular weight is 448 g/mol. The molecular weight excluding hydrogens is 414 g/mol. The lowest BCUT2D eigenvalue weighted by Gasteiger charge is -2.28. The lowest BCUT2D eigenvalue weighted by atomic mass is 9.86. The van der Waals surface area contributed by atoms with Crippen molar-refractivity contribution in [1.82, 2.24) is 10.3 Å². The summed E-state index contributed by atoms with van der Waals surface area (Å²) in [6.07, 6.45) is 13.8. The molecule has 1 aromatic heterocycles. The number of aryl methyl sites for hydroxylation is 1. The number of hydrogen-bond donors (Lipinski definition) is 2. The molecule has 174 valence electrons. The number of nitrogens with one attached hydrogen (secondary N) is 2. The van der Waals surface area contributed by atoms with Crippen LogP contribution in [-0.2, 0) is 28.9 Å². The van der Waals surface area contributed by atoms with Crippen LogP contribution in [0.5, 0.6) is 11.5 Å². The third-order valence-electron chi connectivity index (χ3n) is 7.33. The molecule has 0 radical (unpaired) electrons. The Morgan fingerprint density at radius 1 is 0.970 bits per heavy atom. The van der Waals surface area contributed by atoms with E-state index in [0.29, 0.717) is 18.7 Å². The van der Waals surface area contributed by atoms with Gasteiger partial charge in [0, 0.05) is 30.1 Å². The maximum Gasteiger partial charge on any atom is 0.225 e. The summed E-state index contributed by atoms with van der Waals surface area (Å²) in [6, 6.07) is 8.31. The Morgan fingerprint density at radius 2 is 1.79 bits per heavy atom. The molecule has 1 atom stereocenters. The van der Waals surface area contributed by atoms with Gasteiger partial charge in [-0.05, 0) is 67.9 Å². The van der Waals surface area contributed by atoms with Gasteiger partial charge in [-0.3, -0.25) is 9.59 Å². The lowest BCUT2D eigenvalue weighted by Crippen LogP contribution is -2.42. The standard InChI is InChI=1S/C27H33N3O3/c31-25-13-12-23-24(14-15-28-26(23)30-25)33-22-11-9-18-8-10-21(16-20(18)17-22)29-27(32)19-6-4-2-1-3-5-7-19/h9,11,14-15,17,19,21H,1-8,10,12-13,16H2,(H,29,32)(H,28,30,31)/t21-/m1/s1. The third kappa shape index (κ3) is 5.21. The fourth-order valence-corrected chi connectivity index (χ4v) is 5.44. The first-order chi connectivity index (χ1) is 16.2. The predicted molar refractivity (Wildman–Crippen MR) is 127 cm³/mol. The number of rotatable bonds is 4. The normalized spacial score (nSPS) is 21.1. The molecule has 0 bridgehead atoms. The molecule has 2 amide bonds. The molecule has 0 spiro atoms. The second-order valence-electron chi connectivity index (χ2n) is 9.71. The van der Waals surface area contributed by atoms with E-state index in [1.165, 1.54) is 43.2 Å². The van der Waals surface area contributed by atoms with Crippen LogP contribution in [0.4, 0.5) is 5.82 Å². The summed E-state index contributed by atoms with van der Waals surface area (Å²) in [6.45, 7) is 0. The van der Waals surface area contributed by atoms with Crippen LogP contribution in [0.2, 0.25) is 0 Å². The molecule has 1 aliphatic heterocycles. The Bertz CT molecular complexity index is 1030. The topological polar surface area (TPSA) is 80.3 Å². The van der Waals surface area contributed by atoms with Gasteiger partial charge in [-0.25, -0.2) is 4.98 Å². The molecule has 6 nitrogen and oxygen atoms in total. The molecule has 0 unspecified atom stereocenters. The highest BCUT2D eigenvalue weighted by molar-refractivity contribution is 5.93. The van der Waals surface area contributed by atoms with E-state index < -0.39 is 0 Å². The number of hydrogen-bond acceptors (Lipinski definition) is 4. The molecular formula is C27H33N3O3. The van der Waals surface area contributed by atoms with E-state index in [9.17, 15) is 9.59 Å². The molecule has 2 aromatic rings. The molecule has 1 saturated carbocycles. The predicted octanol–water partition coefficient (Wildman–Crippen LogP) is 5.09. The number of nitrogens with zero attached hydrogens (tertiary/aromatic N) is 1. The maximum absolute atomic E-state index is 12.9. The van der Waals surface area contributed by atoms with Crippen molar-refractivity contribution in [3.05, 3.63) is 47.2 Å². The van der Waals surface area contributed by atoms with Crippen LogP contribution in [-0.4, -0.2) is 22.8 Å². The van der Waals surface area contributed by atoms with Crippen molar-refractivity contribution < 1.29 is 14.3 Å². The molecule has 0 saturated heterocycles. The van der Waals surface area contributed by atoms with Crippen molar-refractivity contribution in [3.8, 4) is 11.5 Å². The monoisotopic (exact) mass is 447 g/mol. The van der Waals surface area contributed by atoms with Crippen LogP contribution in [0, 0.1) is 5.92 Å². The van der Waals surface area contributed by atoms with Crippen molar-refractivity contribution in [2.24, 2.45) is 5.92 Å². The van der Waals surface area contributed by atoms with Crippen molar-refractivity contribution in [2.45, 2.75) is 83.1 Å². The summed E-state index contributed by atoms with van der Waals surface area (Å²) in [7, 11) is 0. The summed E-state index contributed by atoms with van der Waals surface area (Å²) < 4.78 is 6.24. The van der Waals surface area contributed by atoms with Gasteiger partial charge in [0.05, 0.1) is 0 Å². The van der Waals surface area contributed by atoms with Crippen LogP contribution >= 0.6 is 0 Å². The molecule has 1 fully saturated rings. The van der Waals surface area contributed by atoms with E-state index in [4.69, 9.17) is 4.74 Å². The van der Waals surface area contributed by atoms with Crippen molar-refractivity contribution in [3.63, 3.8) is 0 Å². The molecule has 33 heavy (non-hydrogen) atoms. The van der Waals surface area contributed by atoms with Gasteiger partial charge in [0.25, 0.3) is 0 Å². The highest BCUT2D eigenvalue weighted by Gasteiger charge is 2.25. The van der Waals surface area contributed by atoms with Gasteiger partial charge in [-0.15, -0.1) is 0 Å². The smallest absolute Gasteiger partial charge is 0.225 e. The molecule has 2 aliphatic carbocycles. The van der Waals surface area contributed by atoms with Gasteiger partial charge in [0.2, 0.25) is 11.8 Å². The molecule has 2 N–H and O–H groups in total. The second-order valence-corrected chi connectivity index (χ2v) is 9.71. The number of carbonyl (C=O) groups excluding carboxylic acids is 2. The number of pyridine rings is 1. The largest absolute Gasteiger partial charge is 0.457 e. The van der Waals surface area contributed by atoms with Crippen LogP contribution in [0.1, 0.15) is 74.5 Å². The molecule has 6 heteroatoms. The van der Waals surface area contributed by atoms with Gasteiger partial charge >= 0.3 is 0 Å². The number of fused-ring (bicyclic) bond motifs is 2. The first-order valence-corrected chi connectivity index (χ1v) is 12.5. The van der Waals surface area contributed by atoms with Gasteiger partial charge < -0.3 is 15.4 Å². The average Bonchev–Trinajstić information content (AvgIpc) is 2.78. The van der Waals surface area contributed by atoms with E-state index in [1.54, 1.807) is 6.20 Å². The molecule has 3 aliphatic rings. The number of aromatic nitrogens is 1. The Morgan fingerprint density at radius 3 is 2.64 bits per heavy atom. The molecule has 5 rings (SSSR count). The minimum atomic E-state index is -0.00609. The maximum atomic E-state index is 12.9. The van der Waals surface area contributed by atoms with Gasteiger partial charge in [0.15, 0.2) is 0 Å². The zero-order valence-electron chi connectivity index (χ0n) is 19.2. The summed E-state index contributed by atoms with van der Waals surface area (Å²) in [5, 5.41) is 6.19. The minimum absolute atomic E-state index is 0.00609. The van der Waals surface area contributed by atoms with Gasteiger partial charge in [-0.2, -0.15) is 0 Å². The zero-order chi connectivity index (χ0) is 22.6. The first kappa shape index (κ1) is 21.9. The van der Waals surface area contributed by atoms with Gasteiger partial charge in [0.1, 0.15) is 17.3 Å². The van der Waals surface area contributed by atoms with Crippen LogP contribution < -0.4 is 15.4 Å². The lowest BCUT2D eigenvalue weighted by molar-refractivity contribution is -0.126. The fraction of sp³-hybridized carbons (Fsp3) is 0.519. The highest BCUT2D eigenvalue weighted by atomic mass is 16.5. The van der Waals surface area contributed by atoms with Crippen LogP contribution in [0.15, 0.2) is 30.5 Å². The quantitative estimate of drug-likeness (QED) is 0.684. The van der Waals surface area contributed by atoms with Crippen LogP contribution in [0.25, 0.3) is 0 Å². The van der Waals surface area contributed by atoms with Crippen LogP contribution in [0.3, 0.4) is 0 Å². The van der Waals surface area contributed by atoms with Crippen molar-refractivity contribution >= 4 is 17.6 Å². The molecule has 1 aromatic carbocycles. The van der Waals surface area contributed by atoms with Crippen molar-refractivity contribution in [1.29, 1.82) is 0 Å². The second kappa shape index (κ2) is 9.94. The number of benzene rings is 1. The summed E-state index contributed by atoms with van der Waals surface area (Å²) in [4.78, 5) is 28.9. The number of anilines is 1. The number of carbonyl (C=O) groups is 2. The zero-order valence-corrected chi connectivity index (χ0v) is 19.2. The minimum Gasteiger partial charge on any atom is -0.457 e. The Labute approximate surface area is 195 Å². The summed E-state index contributed by atoms with van der Waals surface area (Å²) in [5.74, 6) is 2.55. The van der Waals surface area contributed by atoms with E-state index in [0.717, 1.165) is 49.2 Å². The van der Waals surface area contributed by atoms with E-state index in [2.05, 4.69) is 27.8 Å². The summed E-state index contributed by atoms with van der Waals surface area (Å²) >= 11 is 0. The first-order valence-electron chi connectivity index (χ1n) is 12.5. The SMILES string of the molecule is O=C1CCc2c(Oc3ccc4c(c3)C[C@H](NC(=O)C3CCCCCCC3)CC4)ccnc2N1. The van der Waals surface area contributed by atoms with E-state index in [1.807, 2.05) is 12.1 Å². The van der Waals surface area contributed by atoms with E-state index in [-0.39, 0.29) is 23.8 Å². The fourth-order valence-electron chi connectivity index (χ4n) is 5.44. The third-order valence-corrected chi connectivity index (χ3v) is 7.33. The number of ether oxygens (including phenoxy) is 1. The highest BCUT2D eigenvalue weighted by Crippen LogP contribution is 2.34. The van der Waals surface area contributed by atoms with E-state index >= 15 is 0 Å². The number of amides is 2.